The Morgan fingerprint density at radius 1 is 0.773 bits per heavy atom. The van der Waals surface area contributed by atoms with Gasteiger partial charge in [-0.15, -0.1) is 0 Å². The number of hydrogen-bond acceptors (Lipinski definition) is 4. The van der Waals surface area contributed by atoms with E-state index in [4.69, 9.17) is 0 Å². The Morgan fingerprint density at radius 3 is 1.32 bits per heavy atom. The fourth-order valence-corrected chi connectivity index (χ4v) is 3.17. The molecule has 0 unspecified atom stereocenters. The Labute approximate surface area is 132 Å². The lowest BCUT2D eigenvalue weighted by Crippen LogP contribution is -2.30. The quantitative estimate of drug-likeness (QED) is 0.528. The largest absolute Gasteiger partial charge is 0.235 e. The Kier molecular flexibility index (Phi) is 6.42. The van der Waals surface area contributed by atoms with Crippen LogP contribution in [0.2, 0.25) is 0 Å². The van der Waals surface area contributed by atoms with Crippen molar-refractivity contribution in [2.24, 2.45) is 9.98 Å². The summed E-state index contributed by atoms with van der Waals surface area (Å²) in [5.74, 6) is 0. The van der Waals surface area contributed by atoms with E-state index in [9.17, 15) is 9.59 Å². The van der Waals surface area contributed by atoms with E-state index in [-0.39, 0.29) is 0 Å². The van der Waals surface area contributed by atoms with E-state index in [1.165, 1.54) is 0 Å². The molecule has 0 aliphatic heterocycles. The highest BCUT2D eigenvalue weighted by molar-refractivity contribution is 5.46. The van der Waals surface area contributed by atoms with Crippen LogP contribution in [0.25, 0.3) is 0 Å². The number of rotatable bonds is 8. The van der Waals surface area contributed by atoms with Gasteiger partial charge in [-0.2, -0.15) is 9.98 Å². The standard InChI is InChI=1S/C18H24N2O2/c1-5-17(6-2,19-13-21)15-11-9-10-12-16(15)18(7-3,8-4)20-14-22/h9-12H,5-8H2,1-4H3. The van der Waals surface area contributed by atoms with Gasteiger partial charge >= 0.3 is 0 Å². The third-order valence-electron chi connectivity index (χ3n) is 4.79. The Bertz CT molecular complexity index is 536. The van der Waals surface area contributed by atoms with Crippen molar-refractivity contribution in [3.05, 3.63) is 35.4 Å². The molecule has 0 aliphatic carbocycles. The van der Waals surface area contributed by atoms with Crippen molar-refractivity contribution < 1.29 is 9.59 Å². The maximum atomic E-state index is 11.0. The van der Waals surface area contributed by atoms with Gasteiger partial charge < -0.3 is 0 Å². The molecule has 1 aromatic rings. The molecule has 4 nitrogen and oxygen atoms in total. The van der Waals surface area contributed by atoms with Crippen molar-refractivity contribution in [2.45, 2.75) is 64.5 Å². The average Bonchev–Trinajstić information content (AvgIpc) is 2.58. The third kappa shape index (κ3) is 3.09. The summed E-state index contributed by atoms with van der Waals surface area (Å²) in [6.45, 7) is 8.01. The molecule has 22 heavy (non-hydrogen) atoms. The van der Waals surface area contributed by atoms with Gasteiger partial charge in [0.2, 0.25) is 12.2 Å². The molecular weight excluding hydrogens is 276 g/mol. The third-order valence-corrected chi connectivity index (χ3v) is 4.79. The van der Waals surface area contributed by atoms with Gasteiger partial charge in [-0.05, 0) is 36.8 Å². The number of aliphatic imine (C=N–C) groups is 2. The maximum absolute atomic E-state index is 11.0. The number of benzene rings is 1. The van der Waals surface area contributed by atoms with E-state index in [1.54, 1.807) is 12.2 Å². The molecule has 0 N–H and O–H groups in total. The SMILES string of the molecule is CCC(CC)(N=C=O)c1ccccc1C(CC)(CC)N=C=O. The summed E-state index contributed by atoms with van der Waals surface area (Å²) < 4.78 is 0. The zero-order valence-electron chi connectivity index (χ0n) is 13.8. The van der Waals surface area contributed by atoms with Crippen LogP contribution in [0, 0.1) is 0 Å². The van der Waals surface area contributed by atoms with E-state index >= 15 is 0 Å². The fraction of sp³-hybridized carbons (Fsp3) is 0.556. The summed E-state index contributed by atoms with van der Waals surface area (Å²) in [6, 6.07) is 7.81. The van der Waals surface area contributed by atoms with Crippen LogP contribution in [0.1, 0.15) is 64.5 Å². The summed E-state index contributed by atoms with van der Waals surface area (Å²) in [6.07, 6.45) is 6.18. The monoisotopic (exact) mass is 300 g/mol. The van der Waals surface area contributed by atoms with Crippen LogP contribution in [0.15, 0.2) is 34.3 Å². The molecule has 0 bridgehead atoms. The van der Waals surface area contributed by atoms with E-state index in [1.807, 2.05) is 52.0 Å². The minimum Gasteiger partial charge on any atom is -0.211 e. The van der Waals surface area contributed by atoms with Crippen LogP contribution in [0.4, 0.5) is 0 Å². The van der Waals surface area contributed by atoms with Crippen LogP contribution >= 0.6 is 0 Å². The van der Waals surface area contributed by atoms with Crippen LogP contribution in [-0.2, 0) is 20.7 Å². The lowest BCUT2D eigenvalue weighted by atomic mass is 9.75. The highest BCUT2D eigenvalue weighted by Crippen LogP contribution is 2.42. The van der Waals surface area contributed by atoms with Gasteiger partial charge in [0.25, 0.3) is 0 Å². The van der Waals surface area contributed by atoms with Gasteiger partial charge in [0.15, 0.2) is 0 Å². The minimum atomic E-state index is -0.619. The Balaban J connectivity index is 3.72. The normalized spacial score (nSPS) is 11.5. The molecule has 1 aromatic carbocycles. The molecule has 0 aromatic heterocycles. The molecule has 0 saturated carbocycles. The smallest absolute Gasteiger partial charge is 0.211 e. The van der Waals surface area contributed by atoms with Crippen LogP contribution in [-0.4, -0.2) is 12.2 Å². The van der Waals surface area contributed by atoms with Crippen molar-refractivity contribution in [3.63, 3.8) is 0 Å². The van der Waals surface area contributed by atoms with Gasteiger partial charge in [-0.25, -0.2) is 9.59 Å². The molecule has 118 valence electrons. The first-order valence-corrected chi connectivity index (χ1v) is 7.87. The molecule has 0 amide bonds. The lowest BCUT2D eigenvalue weighted by molar-refractivity contribution is 0.369. The maximum Gasteiger partial charge on any atom is 0.235 e. The van der Waals surface area contributed by atoms with Crippen molar-refractivity contribution in [1.29, 1.82) is 0 Å². The van der Waals surface area contributed by atoms with E-state index in [0.717, 1.165) is 11.1 Å². The summed E-state index contributed by atoms with van der Waals surface area (Å²) in [7, 11) is 0. The Hall–Kier alpha value is -2.02. The van der Waals surface area contributed by atoms with Gasteiger partial charge in [-0.1, -0.05) is 52.0 Å². The zero-order chi connectivity index (χ0) is 16.6. The van der Waals surface area contributed by atoms with Crippen molar-refractivity contribution >= 4 is 12.2 Å². The topological polar surface area (TPSA) is 58.9 Å². The predicted octanol–water partition coefficient (Wildman–Crippen LogP) is 4.39. The molecule has 0 spiro atoms. The molecule has 0 radical (unpaired) electrons. The predicted molar refractivity (Wildman–Crippen MR) is 87.2 cm³/mol. The first-order chi connectivity index (χ1) is 10.6. The fourth-order valence-electron chi connectivity index (χ4n) is 3.17. The zero-order valence-corrected chi connectivity index (χ0v) is 13.8. The number of hydrogen-bond donors (Lipinski definition) is 0. The molecule has 4 heteroatoms. The van der Waals surface area contributed by atoms with Crippen molar-refractivity contribution in [3.8, 4) is 0 Å². The van der Waals surface area contributed by atoms with Gasteiger partial charge in [-0.3, -0.25) is 0 Å². The number of carbonyl (C=O) groups excluding carboxylic acids is 2. The van der Waals surface area contributed by atoms with E-state index in [2.05, 4.69) is 9.98 Å². The molecular formula is C18H24N2O2. The first-order valence-electron chi connectivity index (χ1n) is 7.87. The summed E-state index contributed by atoms with van der Waals surface area (Å²) in [5.41, 5.74) is 0.663. The van der Waals surface area contributed by atoms with Crippen molar-refractivity contribution in [2.75, 3.05) is 0 Å². The molecule has 1 rings (SSSR count). The first kappa shape index (κ1) is 18.0. The average molecular weight is 300 g/mol. The van der Waals surface area contributed by atoms with Gasteiger partial charge in [0.1, 0.15) is 0 Å². The minimum absolute atomic E-state index is 0.619. The highest BCUT2D eigenvalue weighted by Gasteiger charge is 2.37. The summed E-state index contributed by atoms with van der Waals surface area (Å²) in [5, 5.41) is 0. The number of nitrogens with zero attached hydrogens (tertiary/aromatic N) is 2. The van der Waals surface area contributed by atoms with E-state index < -0.39 is 11.1 Å². The van der Waals surface area contributed by atoms with Crippen LogP contribution < -0.4 is 0 Å². The summed E-state index contributed by atoms with van der Waals surface area (Å²) in [4.78, 5) is 30.2. The van der Waals surface area contributed by atoms with Crippen LogP contribution in [0.3, 0.4) is 0 Å². The molecule has 0 fully saturated rings. The summed E-state index contributed by atoms with van der Waals surface area (Å²) >= 11 is 0. The highest BCUT2D eigenvalue weighted by atomic mass is 16.1. The molecule has 0 aliphatic rings. The Morgan fingerprint density at radius 2 is 1.09 bits per heavy atom. The van der Waals surface area contributed by atoms with E-state index in [0.29, 0.717) is 25.7 Å². The van der Waals surface area contributed by atoms with Gasteiger partial charge in [0, 0.05) is 0 Å². The second-order valence-corrected chi connectivity index (χ2v) is 5.43. The molecule has 0 heterocycles. The number of isocyanates is 2. The molecule has 0 saturated heterocycles. The lowest BCUT2D eigenvalue weighted by Gasteiger charge is -2.35. The second kappa shape index (κ2) is 7.84. The second-order valence-electron chi connectivity index (χ2n) is 5.43. The molecule has 0 atom stereocenters. The van der Waals surface area contributed by atoms with Crippen LogP contribution in [0.5, 0.6) is 0 Å². The van der Waals surface area contributed by atoms with Gasteiger partial charge in [0.05, 0.1) is 11.1 Å². The van der Waals surface area contributed by atoms with Crippen molar-refractivity contribution in [1.82, 2.24) is 0 Å².